The number of furan rings is 1. The van der Waals surface area contributed by atoms with Crippen LogP contribution in [0.1, 0.15) is 21.7 Å². The molecule has 3 aromatic rings. The highest BCUT2D eigenvalue weighted by Gasteiger charge is 2.14. The molecule has 0 unspecified atom stereocenters. The predicted molar refractivity (Wildman–Crippen MR) is 84.7 cm³/mol. The number of aromatic nitrogens is 2. The number of carbonyl (C=O) groups is 1. The minimum Gasteiger partial charge on any atom is -0.472 e. The summed E-state index contributed by atoms with van der Waals surface area (Å²) in [6.07, 6.45) is 2.83. The fourth-order valence-electron chi connectivity index (χ4n) is 2.09. The van der Waals surface area contributed by atoms with Crippen LogP contribution in [0.25, 0.3) is 0 Å². The van der Waals surface area contributed by atoms with Gasteiger partial charge in [0.2, 0.25) is 0 Å². The summed E-state index contributed by atoms with van der Waals surface area (Å²) in [6.45, 7) is 3.58. The molecule has 0 aliphatic carbocycles. The molecular formula is C17H15N3O3. The van der Waals surface area contributed by atoms with E-state index in [1.165, 1.54) is 12.5 Å². The monoisotopic (exact) mass is 309 g/mol. The quantitative estimate of drug-likeness (QED) is 0.794. The van der Waals surface area contributed by atoms with Gasteiger partial charge < -0.3 is 14.5 Å². The van der Waals surface area contributed by atoms with Crippen molar-refractivity contribution in [2.24, 2.45) is 0 Å². The maximum absolute atomic E-state index is 12.1. The van der Waals surface area contributed by atoms with Crippen molar-refractivity contribution in [1.82, 2.24) is 9.97 Å². The molecule has 1 aromatic carbocycles. The Morgan fingerprint density at radius 1 is 1.09 bits per heavy atom. The van der Waals surface area contributed by atoms with Gasteiger partial charge in [0.15, 0.2) is 0 Å². The van der Waals surface area contributed by atoms with Crippen molar-refractivity contribution in [3.8, 4) is 11.8 Å². The molecule has 0 fully saturated rings. The Kier molecular flexibility index (Phi) is 4.05. The minimum absolute atomic E-state index is 0.243. The minimum atomic E-state index is -0.273. The highest BCUT2D eigenvalue weighted by molar-refractivity contribution is 6.04. The van der Waals surface area contributed by atoms with Gasteiger partial charge in [0, 0.05) is 0 Å². The Morgan fingerprint density at radius 3 is 2.39 bits per heavy atom. The van der Waals surface area contributed by atoms with Crippen LogP contribution < -0.4 is 10.1 Å². The second-order valence-corrected chi connectivity index (χ2v) is 4.93. The second kappa shape index (κ2) is 6.31. The number of amides is 1. The van der Waals surface area contributed by atoms with Gasteiger partial charge in [-0.2, -0.15) is 9.97 Å². The van der Waals surface area contributed by atoms with Gasteiger partial charge in [0.05, 0.1) is 28.9 Å². The maximum Gasteiger partial charge on any atom is 0.322 e. The predicted octanol–water partition coefficient (Wildman–Crippen LogP) is 3.73. The van der Waals surface area contributed by atoms with Crippen molar-refractivity contribution < 1.29 is 13.9 Å². The van der Waals surface area contributed by atoms with Gasteiger partial charge in [0.1, 0.15) is 12.0 Å². The molecule has 0 aliphatic heterocycles. The summed E-state index contributed by atoms with van der Waals surface area (Å²) in [5, 5.41) is 2.79. The highest BCUT2D eigenvalue weighted by Crippen LogP contribution is 2.23. The zero-order chi connectivity index (χ0) is 16.2. The van der Waals surface area contributed by atoms with Crippen LogP contribution in [0.3, 0.4) is 0 Å². The molecule has 0 spiro atoms. The third-order valence-corrected chi connectivity index (χ3v) is 3.22. The maximum atomic E-state index is 12.1. The van der Waals surface area contributed by atoms with Gasteiger partial charge in [0.25, 0.3) is 5.91 Å². The number of nitrogens with one attached hydrogen (secondary N) is 1. The lowest BCUT2D eigenvalue weighted by Gasteiger charge is -2.11. The summed E-state index contributed by atoms with van der Waals surface area (Å²) in [6, 6.07) is 11.1. The van der Waals surface area contributed by atoms with Crippen LogP contribution >= 0.6 is 0 Å². The summed E-state index contributed by atoms with van der Waals surface area (Å²) >= 11 is 0. The molecule has 1 N–H and O–H groups in total. The Hall–Kier alpha value is -3.15. The molecule has 3 rings (SSSR count). The van der Waals surface area contributed by atoms with Crippen molar-refractivity contribution in [1.29, 1.82) is 0 Å². The zero-order valence-corrected chi connectivity index (χ0v) is 12.7. The topological polar surface area (TPSA) is 77.3 Å². The van der Waals surface area contributed by atoms with Crippen molar-refractivity contribution in [2.45, 2.75) is 13.8 Å². The Bertz CT molecular complexity index is 791. The molecule has 6 nitrogen and oxygen atoms in total. The summed E-state index contributed by atoms with van der Waals surface area (Å²) in [5.41, 5.74) is 2.26. The van der Waals surface area contributed by atoms with E-state index in [9.17, 15) is 4.79 Å². The molecule has 2 heterocycles. The smallest absolute Gasteiger partial charge is 0.322 e. The van der Waals surface area contributed by atoms with E-state index in [2.05, 4.69) is 15.3 Å². The molecule has 116 valence electrons. The number of carbonyl (C=O) groups excluding carboxylic acids is 1. The lowest BCUT2D eigenvalue weighted by molar-refractivity contribution is 0.102. The first-order chi connectivity index (χ1) is 11.1. The SMILES string of the molecule is Cc1nc(Oc2ccccc2)nc(C)c1NC(=O)c1ccoc1. The molecule has 0 saturated carbocycles. The largest absolute Gasteiger partial charge is 0.472 e. The summed E-state index contributed by atoms with van der Waals surface area (Å²) in [5.74, 6) is 0.381. The van der Waals surface area contributed by atoms with Crippen molar-refractivity contribution in [2.75, 3.05) is 5.32 Å². The van der Waals surface area contributed by atoms with E-state index in [1.807, 2.05) is 30.3 Å². The number of anilines is 1. The molecule has 2 aromatic heterocycles. The van der Waals surface area contributed by atoms with Crippen molar-refractivity contribution in [3.05, 3.63) is 65.9 Å². The number of aryl methyl sites for hydroxylation is 2. The average Bonchev–Trinajstić information content (AvgIpc) is 3.06. The van der Waals surface area contributed by atoms with Crippen LogP contribution in [0, 0.1) is 13.8 Å². The number of hydrogen-bond donors (Lipinski definition) is 1. The Morgan fingerprint density at radius 2 is 1.78 bits per heavy atom. The summed E-state index contributed by atoms with van der Waals surface area (Å²) < 4.78 is 10.5. The van der Waals surface area contributed by atoms with E-state index in [-0.39, 0.29) is 11.9 Å². The van der Waals surface area contributed by atoms with Crippen LogP contribution in [0.4, 0.5) is 5.69 Å². The van der Waals surface area contributed by atoms with Gasteiger partial charge >= 0.3 is 6.01 Å². The van der Waals surface area contributed by atoms with Gasteiger partial charge in [-0.05, 0) is 32.0 Å². The van der Waals surface area contributed by atoms with Crippen LogP contribution in [0.2, 0.25) is 0 Å². The first-order valence-electron chi connectivity index (χ1n) is 7.05. The van der Waals surface area contributed by atoms with Gasteiger partial charge in [-0.1, -0.05) is 18.2 Å². The second-order valence-electron chi connectivity index (χ2n) is 4.93. The molecule has 0 bridgehead atoms. The number of rotatable bonds is 4. The normalized spacial score (nSPS) is 10.3. The Labute approximate surface area is 133 Å². The summed E-state index contributed by atoms with van der Waals surface area (Å²) in [7, 11) is 0. The number of ether oxygens (including phenoxy) is 1. The molecule has 0 radical (unpaired) electrons. The van der Waals surface area contributed by atoms with E-state index in [1.54, 1.807) is 19.9 Å². The highest BCUT2D eigenvalue weighted by atomic mass is 16.5. The first-order valence-corrected chi connectivity index (χ1v) is 7.05. The molecule has 0 atom stereocenters. The molecule has 1 amide bonds. The van der Waals surface area contributed by atoms with E-state index in [4.69, 9.17) is 9.15 Å². The number of hydrogen-bond acceptors (Lipinski definition) is 5. The van der Waals surface area contributed by atoms with Crippen LogP contribution in [0.5, 0.6) is 11.8 Å². The molecule has 0 aliphatic rings. The third-order valence-electron chi connectivity index (χ3n) is 3.22. The van der Waals surface area contributed by atoms with Gasteiger partial charge in [-0.3, -0.25) is 4.79 Å². The molecular weight excluding hydrogens is 294 g/mol. The van der Waals surface area contributed by atoms with Crippen LogP contribution in [-0.4, -0.2) is 15.9 Å². The van der Waals surface area contributed by atoms with Gasteiger partial charge in [-0.25, -0.2) is 0 Å². The number of para-hydroxylation sites is 1. The standard InChI is InChI=1S/C17H15N3O3/c1-11-15(20-16(21)13-8-9-22-10-13)12(2)19-17(18-11)23-14-6-4-3-5-7-14/h3-10H,1-2H3,(H,20,21). The third kappa shape index (κ3) is 3.37. The number of nitrogens with zero attached hydrogens (tertiary/aromatic N) is 2. The molecule has 6 heteroatoms. The fourth-order valence-corrected chi connectivity index (χ4v) is 2.09. The van der Waals surface area contributed by atoms with Crippen molar-refractivity contribution >= 4 is 11.6 Å². The zero-order valence-electron chi connectivity index (χ0n) is 12.7. The van der Waals surface area contributed by atoms with E-state index < -0.39 is 0 Å². The van der Waals surface area contributed by atoms with Crippen LogP contribution in [0.15, 0.2) is 53.3 Å². The summed E-state index contributed by atoms with van der Waals surface area (Å²) in [4.78, 5) is 20.7. The average molecular weight is 309 g/mol. The molecule has 0 saturated heterocycles. The first kappa shape index (κ1) is 14.8. The van der Waals surface area contributed by atoms with E-state index in [0.29, 0.717) is 28.4 Å². The lowest BCUT2D eigenvalue weighted by atomic mass is 10.2. The Balaban J connectivity index is 1.82. The fraction of sp³-hybridized carbons (Fsp3) is 0.118. The lowest BCUT2D eigenvalue weighted by Crippen LogP contribution is -2.14. The van der Waals surface area contributed by atoms with Crippen LogP contribution in [-0.2, 0) is 0 Å². The van der Waals surface area contributed by atoms with Crippen molar-refractivity contribution in [3.63, 3.8) is 0 Å². The van der Waals surface area contributed by atoms with E-state index in [0.717, 1.165) is 0 Å². The van der Waals surface area contributed by atoms with E-state index >= 15 is 0 Å². The molecule has 23 heavy (non-hydrogen) atoms. The number of benzene rings is 1. The van der Waals surface area contributed by atoms with Gasteiger partial charge in [-0.15, -0.1) is 0 Å².